The Morgan fingerprint density at radius 3 is 2.14 bits per heavy atom. The lowest BCUT2D eigenvalue weighted by molar-refractivity contribution is -0.138. The van der Waals surface area contributed by atoms with Crippen LogP contribution in [-0.4, -0.2) is 49.4 Å². The summed E-state index contributed by atoms with van der Waals surface area (Å²) in [4.78, 5) is 11.5. The second-order valence-corrected chi connectivity index (χ2v) is 7.81. The first-order valence-electron chi connectivity index (χ1n) is 8.04. The van der Waals surface area contributed by atoms with Crippen LogP contribution in [0.5, 0.6) is 17.2 Å². The van der Waals surface area contributed by atoms with Gasteiger partial charge in [-0.05, 0) is 18.2 Å². The molecule has 0 aliphatic carbocycles. The molecular weight excluding hydrogens is 429 g/mol. The molecule has 0 N–H and O–H groups in total. The zero-order valence-electron chi connectivity index (χ0n) is 16.1. The fraction of sp³-hybridized carbons (Fsp3) is 0.278. The molecule has 2 rings (SSSR count). The van der Waals surface area contributed by atoms with Gasteiger partial charge in [0.1, 0.15) is 18.0 Å². The first-order valence-corrected chi connectivity index (χ1v) is 9.86. The number of hydrogen-bond acceptors (Lipinski definition) is 7. The number of ether oxygens (including phenoxy) is 4. The van der Waals surface area contributed by atoms with E-state index >= 15 is 0 Å². The van der Waals surface area contributed by atoms with Gasteiger partial charge < -0.3 is 18.9 Å². The third-order valence-corrected chi connectivity index (χ3v) is 5.98. The summed E-state index contributed by atoms with van der Waals surface area (Å²) in [6.45, 7) is -0.701. The number of benzene rings is 2. The van der Waals surface area contributed by atoms with Crippen LogP contribution < -0.4 is 18.5 Å². The van der Waals surface area contributed by atoms with Crippen molar-refractivity contribution in [1.82, 2.24) is 0 Å². The van der Waals surface area contributed by atoms with Gasteiger partial charge in [-0.1, -0.05) is 11.6 Å². The van der Waals surface area contributed by atoms with Crippen LogP contribution >= 0.6 is 11.6 Å². The summed E-state index contributed by atoms with van der Waals surface area (Å²) >= 11 is 6.08. The van der Waals surface area contributed by atoms with Gasteiger partial charge in [-0.25, -0.2) is 12.8 Å². The number of nitrogens with zero attached hydrogens (tertiary/aromatic N) is 1. The van der Waals surface area contributed by atoms with E-state index in [0.29, 0.717) is 0 Å². The van der Waals surface area contributed by atoms with Crippen molar-refractivity contribution < 1.29 is 36.6 Å². The number of halogens is 2. The number of anilines is 1. The molecule has 0 unspecified atom stereocenters. The van der Waals surface area contributed by atoms with Crippen molar-refractivity contribution >= 4 is 33.3 Å². The molecule has 158 valence electrons. The summed E-state index contributed by atoms with van der Waals surface area (Å²) in [7, 11) is 0.589. The molecular formula is C18H19ClFNO7S. The monoisotopic (exact) mass is 447 g/mol. The average Bonchev–Trinajstić information content (AvgIpc) is 2.71. The van der Waals surface area contributed by atoms with Gasteiger partial charge in [-0.15, -0.1) is 0 Å². The Morgan fingerprint density at radius 2 is 1.62 bits per heavy atom. The number of sulfonamides is 1. The minimum absolute atomic E-state index is 0.0459. The van der Waals surface area contributed by atoms with E-state index in [1.54, 1.807) is 0 Å². The lowest BCUT2D eigenvalue weighted by atomic mass is 10.2. The van der Waals surface area contributed by atoms with Gasteiger partial charge in [0.2, 0.25) is 0 Å². The maximum absolute atomic E-state index is 14.1. The molecule has 0 atom stereocenters. The molecule has 0 bridgehead atoms. The zero-order valence-corrected chi connectivity index (χ0v) is 17.6. The van der Waals surface area contributed by atoms with E-state index in [1.807, 2.05) is 0 Å². The molecule has 0 fully saturated rings. The van der Waals surface area contributed by atoms with E-state index in [9.17, 15) is 17.6 Å². The van der Waals surface area contributed by atoms with Crippen molar-refractivity contribution in [1.29, 1.82) is 0 Å². The molecule has 0 heterocycles. The third-order valence-electron chi connectivity index (χ3n) is 3.93. The molecule has 8 nitrogen and oxygen atoms in total. The minimum Gasteiger partial charge on any atom is -0.495 e. The van der Waals surface area contributed by atoms with Crippen LogP contribution in [0.3, 0.4) is 0 Å². The van der Waals surface area contributed by atoms with Crippen molar-refractivity contribution in [3.05, 3.63) is 41.2 Å². The second-order valence-electron chi connectivity index (χ2n) is 5.54. The molecule has 0 radical (unpaired) electrons. The SMILES string of the molecule is COC(=O)CN(c1cc(OC)c(Cl)cc1OC)S(=O)(=O)c1ccc(OC)c(F)c1. The number of esters is 1. The molecule has 29 heavy (non-hydrogen) atoms. The van der Waals surface area contributed by atoms with E-state index in [1.165, 1.54) is 33.5 Å². The van der Waals surface area contributed by atoms with Gasteiger partial charge in [-0.3, -0.25) is 9.10 Å². The quantitative estimate of drug-likeness (QED) is 0.574. The summed E-state index contributed by atoms with van der Waals surface area (Å²) in [6, 6.07) is 5.74. The van der Waals surface area contributed by atoms with Crippen LogP contribution in [-0.2, 0) is 19.6 Å². The van der Waals surface area contributed by atoms with Crippen LogP contribution in [0.4, 0.5) is 10.1 Å². The van der Waals surface area contributed by atoms with Crippen LogP contribution in [0.2, 0.25) is 5.02 Å². The lowest BCUT2D eigenvalue weighted by Gasteiger charge is -2.26. The highest BCUT2D eigenvalue weighted by Gasteiger charge is 2.31. The topological polar surface area (TPSA) is 91.4 Å². The number of carbonyl (C=O) groups is 1. The largest absolute Gasteiger partial charge is 0.495 e. The minimum atomic E-state index is -4.42. The Bertz CT molecular complexity index is 1010. The molecule has 11 heteroatoms. The standard InChI is InChI=1S/C18H19ClFNO7S/c1-25-15-6-5-11(7-13(15)20)29(23,24)21(10-18(22)28-4)14-9-16(26-2)12(19)8-17(14)27-3/h5-9H,10H2,1-4H3. The predicted octanol–water partition coefficient (Wildman–Crippen LogP) is 2.87. The summed E-state index contributed by atoms with van der Waals surface area (Å²) < 4.78 is 61.2. The summed E-state index contributed by atoms with van der Waals surface area (Å²) in [5.74, 6) is -1.66. The first-order chi connectivity index (χ1) is 13.7. The number of hydrogen-bond donors (Lipinski definition) is 0. The Balaban J connectivity index is 2.71. The van der Waals surface area contributed by atoms with E-state index in [-0.39, 0.29) is 28.0 Å². The molecule has 0 aliphatic heterocycles. The number of rotatable bonds is 8. The van der Waals surface area contributed by atoms with Crippen LogP contribution in [0.25, 0.3) is 0 Å². The van der Waals surface area contributed by atoms with Crippen LogP contribution in [0.15, 0.2) is 35.2 Å². The van der Waals surface area contributed by atoms with Crippen molar-refractivity contribution in [3.63, 3.8) is 0 Å². The van der Waals surface area contributed by atoms with Crippen molar-refractivity contribution in [2.45, 2.75) is 4.90 Å². The van der Waals surface area contributed by atoms with E-state index < -0.39 is 33.3 Å². The second kappa shape index (κ2) is 9.19. The Labute approximate surface area is 172 Å². The smallest absolute Gasteiger partial charge is 0.326 e. The van der Waals surface area contributed by atoms with Gasteiger partial charge in [0.15, 0.2) is 11.6 Å². The zero-order chi connectivity index (χ0) is 21.8. The summed E-state index contributed by atoms with van der Waals surface area (Å²) in [5, 5.41) is 0.166. The maximum atomic E-state index is 14.1. The fourth-order valence-electron chi connectivity index (χ4n) is 2.46. The van der Waals surface area contributed by atoms with Crippen molar-refractivity contribution in [3.8, 4) is 17.2 Å². The van der Waals surface area contributed by atoms with Gasteiger partial charge >= 0.3 is 5.97 Å². The Morgan fingerprint density at radius 1 is 1.00 bits per heavy atom. The van der Waals surface area contributed by atoms with Gasteiger partial charge in [-0.2, -0.15) is 0 Å². The van der Waals surface area contributed by atoms with Crippen LogP contribution in [0, 0.1) is 5.82 Å². The van der Waals surface area contributed by atoms with Crippen molar-refractivity contribution in [2.75, 3.05) is 39.3 Å². The molecule has 2 aromatic rings. The average molecular weight is 448 g/mol. The highest BCUT2D eigenvalue weighted by Crippen LogP contribution is 2.40. The molecule has 0 saturated heterocycles. The Hall–Kier alpha value is -2.72. The van der Waals surface area contributed by atoms with Gasteiger partial charge in [0.25, 0.3) is 10.0 Å². The van der Waals surface area contributed by atoms with E-state index in [2.05, 4.69) is 4.74 Å². The van der Waals surface area contributed by atoms with Crippen LogP contribution in [0.1, 0.15) is 0 Å². The predicted molar refractivity (Wildman–Crippen MR) is 104 cm³/mol. The van der Waals surface area contributed by atoms with Gasteiger partial charge in [0.05, 0.1) is 44.0 Å². The lowest BCUT2D eigenvalue weighted by Crippen LogP contribution is -2.36. The fourth-order valence-corrected chi connectivity index (χ4v) is 4.11. The third kappa shape index (κ3) is 4.65. The van der Waals surface area contributed by atoms with E-state index in [0.717, 1.165) is 29.6 Å². The molecule has 2 aromatic carbocycles. The molecule has 0 spiro atoms. The van der Waals surface area contributed by atoms with Crippen molar-refractivity contribution in [2.24, 2.45) is 0 Å². The highest BCUT2D eigenvalue weighted by molar-refractivity contribution is 7.92. The highest BCUT2D eigenvalue weighted by atomic mass is 35.5. The maximum Gasteiger partial charge on any atom is 0.326 e. The molecule has 0 saturated carbocycles. The van der Waals surface area contributed by atoms with Gasteiger partial charge in [0, 0.05) is 12.1 Å². The van der Waals surface area contributed by atoms with E-state index in [4.69, 9.17) is 25.8 Å². The Kier molecular flexibility index (Phi) is 7.15. The summed E-state index contributed by atoms with van der Waals surface area (Å²) in [5.41, 5.74) is -0.0459. The molecule has 0 aromatic heterocycles. The molecule has 0 aliphatic rings. The summed E-state index contributed by atoms with van der Waals surface area (Å²) in [6.07, 6.45) is 0. The number of carbonyl (C=O) groups excluding carboxylic acids is 1. The normalized spacial score (nSPS) is 11.0. The molecule has 0 amide bonds. The first kappa shape index (κ1) is 22.6. The number of methoxy groups -OCH3 is 4.